The third-order valence-electron chi connectivity index (χ3n) is 12.0. The maximum absolute atomic E-state index is 6.93. The van der Waals surface area contributed by atoms with Crippen molar-refractivity contribution in [3.8, 4) is 17.3 Å². The van der Waals surface area contributed by atoms with Crippen molar-refractivity contribution in [1.29, 1.82) is 0 Å². The Hall–Kier alpha value is -4.28. The second kappa shape index (κ2) is 12.1. The van der Waals surface area contributed by atoms with E-state index in [9.17, 15) is 0 Å². The van der Waals surface area contributed by atoms with Crippen molar-refractivity contribution < 1.29 is 30.5 Å². The third kappa shape index (κ3) is 5.50. The van der Waals surface area contributed by atoms with Gasteiger partial charge in [0.25, 0.3) is 0 Å². The van der Waals surface area contributed by atoms with Gasteiger partial charge in [0.05, 0.1) is 0 Å². The summed E-state index contributed by atoms with van der Waals surface area (Å²) in [6, 6.07) is 26.7. The van der Waals surface area contributed by atoms with E-state index >= 15 is 0 Å². The number of aryl methyl sites for hydroxylation is 2. The first kappa shape index (κ1) is 37.1. The molecule has 0 saturated heterocycles. The smallest absolute Gasteiger partial charge is 0.510 e. The van der Waals surface area contributed by atoms with Crippen LogP contribution in [0.15, 0.2) is 78.2 Å². The number of rotatable bonds is 4. The number of hydrogen-bond donors (Lipinski definition) is 0. The SMILES string of the molecule is Cc1cc(C)c(C2=N[C@]3(C)c4cnccc4C(C)(C)[C@]3(C)O2)[c-]c1Oc1[c-]c2c(cc1)c1cc(C(C)(C)C)ccc1n2-c1cc(C(C)(C)C)ccn1.[Pt+2]. The molecule has 3 aromatic heterocycles. The fraction of sp³-hybridized carbons (Fsp3) is 0.370. The molecule has 0 spiro atoms. The van der Waals surface area contributed by atoms with E-state index in [4.69, 9.17) is 19.5 Å². The number of nitrogens with zero attached hydrogens (tertiary/aromatic N) is 4. The van der Waals surface area contributed by atoms with Crippen LogP contribution in [0.25, 0.3) is 27.6 Å². The minimum Gasteiger partial charge on any atom is -0.510 e. The molecule has 8 rings (SSSR count). The van der Waals surface area contributed by atoms with E-state index in [0.29, 0.717) is 17.4 Å². The zero-order chi connectivity index (χ0) is 37.2. The van der Waals surface area contributed by atoms with Gasteiger partial charge in [0.1, 0.15) is 22.9 Å². The van der Waals surface area contributed by atoms with Gasteiger partial charge in [0.15, 0.2) is 0 Å². The molecule has 7 heteroatoms. The predicted molar refractivity (Wildman–Crippen MR) is 210 cm³/mol. The van der Waals surface area contributed by atoms with Crippen LogP contribution < -0.4 is 4.74 Å². The first-order chi connectivity index (χ1) is 24.3. The van der Waals surface area contributed by atoms with E-state index in [1.807, 2.05) is 31.6 Å². The fourth-order valence-electron chi connectivity index (χ4n) is 8.28. The summed E-state index contributed by atoms with van der Waals surface area (Å²) >= 11 is 0. The van der Waals surface area contributed by atoms with Crippen LogP contribution in [0.4, 0.5) is 0 Å². The van der Waals surface area contributed by atoms with Gasteiger partial charge in [-0.2, -0.15) is 6.07 Å². The predicted octanol–water partition coefficient (Wildman–Crippen LogP) is 10.9. The largest absolute Gasteiger partial charge is 2.00 e. The molecule has 0 unspecified atom stereocenters. The van der Waals surface area contributed by atoms with E-state index in [0.717, 1.165) is 49.9 Å². The Morgan fingerprint density at radius 1 is 0.755 bits per heavy atom. The summed E-state index contributed by atoms with van der Waals surface area (Å²) in [5, 5.41) is 2.26. The summed E-state index contributed by atoms with van der Waals surface area (Å²) in [6.07, 6.45) is 5.71. The molecular weight excluding hydrogens is 836 g/mol. The van der Waals surface area contributed by atoms with Gasteiger partial charge in [-0.15, -0.1) is 29.1 Å². The molecule has 3 aromatic carbocycles. The second-order valence-corrected chi connectivity index (χ2v) is 17.7. The van der Waals surface area contributed by atoms with Gasteiger partial charge in [0, 0.05) is 46.6 Å². The molecular formula is C46H48N4O2Pt. The van der Waals surface area contributed by atoms with Crippen molar-refractivity contribution in [1.82, 2.24) is 14.5 Å². The van der Waals surface area contributed by atoms with Crippen molar-refractivity contribution in [2.24, 2.45) is 4.99 Å². The minimum atomic E-state index is -0.607. The van der Waals surface area contributed by atoms with Gasteiger partial charge >= 0.3 is 21.1 Å². The number of benzene rings is 3. The van der Waals surface area contributed by atoms with Crippen LogP contribution in [0, 0.1) is 26.0 Å². The zero-order valence-electron chi connectivity index (χ0n) is 32.8. The van der Waals surface area contributed by atoms with Crippen molar-refractivity contribution in [2.75, 3.05) is 0 Å². The number of fused-ring (bicyclic) bond motifs is 6. The number of ether oxygens (including phenoxy) is 2. The van der Waals surface area contributed by atoms with Crippen LogP contribution in [-0.2, 0) is 47.6 Å². The molecule has 53 heavy (non-hydrogen) atoms. The first-order valence-corrected chi connectivity index (χ1v) is 18.3. The minimum absolute atomic E-state index is 0. The molecule has 274 valence electrons. The maximum Gasteiger partial charge on any atom is 2.00 e. The van der Waals surface area contributed by atoms with Gasteiger partial charge in [-0.1, -0.05) is 104 Å². The quantitative estimate of drug-likeness (QED) is 0.166. The van der Waals surface area contributed by atoms with Gasteiger partial charge in [-0.05, 0) is 71.0 Å². The third-order valence-corrected chi connectivity index (χ3v) is 12.0. The molecule has 1 aliphatic carbocycles. The van der Waals surface area contributed by atoms with E-state index in [1.54, 1.807) is 0 Å². The van der Waals surface area contributed by atoms with Crippen molar-refractivity contribution in [3.63, 3.8) is 0 Å². The van der Waals surface area contributed by atoms with Crippen molar-refractivity contribution in [2.45, 2.75) is 110 Å². The first-order valence-electron chi connectivity index (χ1n) is 18.3. The van der Waals surface area contributed by atoms with Crippen LogP contribution in [0.5, 0.6) is 11.5 Å². The Morgan fingerprint density at radius 3 is 2.19 bits per heavy atom. The zero-order valence-corrected chi connectivity index (χ0v) is 35.1. The molecule has 1 aliphatic heterocycles. The Balaban J connectivity index is 0.00000435. The summed E-state index contributed by atoms with van der Waals surface area (Å²) in [5.41, 5.74) is 8.10. The number of aromatic nitrogens is 3. The summed E-state index contributed by atoms with van der Waals surface area (Å²) in [5.74, 6) is 2.64. The molecule has 0 saturated carbocycles. The Labute approximate surface area is 328 Å². The standard InChI is InChI=1S/C46H48N4O2.Pt/c1-27-21-28(2)39(25-33(27)41-49-45(11)36-26-47-19-18-35(36)44(9,10)46(45,12)52-41)51-31-14-15-32-34-22-29(42(3,4)5)13-16-37(34)50(38(32)24-31)40-23-30(17-20-48-40)43(6,7)8;/h13-23,26H,1-12H3;/q-2;+2/t45-,46+;/m1./s1. The second-order valence-electron chi connectivity index (χ2n) is 17.7. The topological polar surface area (TPSA) is 61.5 Å². The Morgan fingerprint density at radius 2 is 1.47 bits per heavy atom. The van der Waals surface area contributed by atoms with Crippen LogP contribution in [-0.4, -0.2) is 26.0 Å². The maximum atomic E-state index is 6.93. The molecule has 0 fully saturated rings. The van der Waals surface area contributed by atoms with Crippen LogP contribution in [0.1, 0.15) is 108 Å². The number of hydrogen-bond acceptors (Lipinski definition) is 5. The summed E-state index contributed by atoms with van der Waals surface area (Å²) < 4.78 is 15.8. The molecule has 0 N–H and O–H groups in total. The van der Waals surface area contributed by atoms with Gasteiger partial charge in [0.2, 0.25) is 0 Å². The van der Waals surface area contributed by atoms with E-state index in [2.05, 4.69) is 146 Å². The summed E-state index contributed by atoms with van der Waals surface area (Å²) in [4.78, 5) is 14.7. The average molecular weight is 884 g/mol. The normalized spacial score (nSPS) is 20.5. The fourth-order valence-corrected chi connectivity index (χ4v) is 8.28. The molecule has 6 aromatic rings. The van der Waals surface area contributed by atoms with Crippen LogP contribution in [0.3, 0.4) is 0 Å². The molecule has 6 nitrogen and oxygen atoms in total. The molecule has 0 radical (unpaired) electrons. The van der Waals surface area contributed by atoms with Crippen LogP contribution >= 0.6 is 0 Å². The van der Waals surface area contributed by atoms with Crippen LogP contribution in [0.2, 0.25) is 0 Å². The van der Waals surface area contributed by atoms with E-state index in [-0.39, 0.29) is 37.3 Å². The number of pyridine rings is 2. The monoisotopic (exact) mass is 883 g/mol. The van der Waals surface area contributed by atoms with Crippen molar-refractivity contribution in [3.05, 3.63) is 124 Å². The van der Waals surface area contributed by atoms with E-state index in [1.165, 1.54) is 16.7 Å². The van der Waals surface area contributed by atoms with Gasteiger partial charge < -0.3 is 14.0 Å². The summed E-state index contributed by atoms with van der Waals surface area (Å²) in [6.45, 7) is 26.4. The Bertz CT molecular complexity index is 2480. The van der Waals surface area contributed by atoms with Gasteiger partial charge in [-0.25, -0.2) is 4.98 Å². The average Bonchev–Trinajstić information content (AvgIpc) is 3.60. The molecule has 2 atom stereocenters. The molecule has 4 heterocycles. The number of aliphatic imine (C=N–C) groups is 1. The summed E-state index contributed by atoms with van der Waals surface area (Å²) in [7, 11) is 0. The van der Waals surface area contributed by atoms with E-state index < -0.39 is 11.1 Å². The molecule has 0 bridgehead atoms. The molecule has 0 amide bonds. The molecule has 2 aliphatic rings. The Kier molecular flexibility index (Phi) is 8.47. The van der Waals surface area contributed by atoms with Gasteiger partial charge in [-0.3, -0.25) is 9.98 Å². The van der Waals surface area contributed by atoms with Crippen molar-refractivity contribution >= 4 is 27.7 Å².